The summed E-state index contributed by atoms with van der Waals surface area (Å²) in [6, 6.07) is 3.24. The van der Waals surface area contributed by atoms with Gasteiger partial charge in [-0.05, 0) is 24.5 Å². The van der Waals surface area contributed by atoms with Crippen molar-refractivity contribution in [3.63, 3.8) is 0 Å². The first kappa shape index (κ1) is 10.7. The Labute approximate surface area is 99.2 Å². The summed E-state index contributed by atoms with van der Waals surface area (Å²) in [4.78, 5) is 16.0. The maximum Gasteiger partial charge on any atom is 0.269 e. The summed E-state index contributed by atoms with van der Waals surface area (Å²) >= 11 is 0. The van der Waals surface area contributed by atoms with E-state index in [2.05, 4.69) is 4.98 Å². The zero-order valence-electron chi connectivity index (χ0n) is 9.47. The van der Waals surface area contributed by atoms with E-state index in [-0.39, 0.29) is 0 Å². The van der Waals surface area contributed by atoms with E-state index in [1.54, 1.807) is 0 Å². The van der Waals surface area contributed by atoms with Crippen LogP contribution in [0.4, 0.5) is 5.82 Å². The van der Waals surface area contributed by atoms with Gasteiger partial charge in [-0.1, -0.05) is 12.5 Å². The standard InChI is InChI=1S/C12H15N3O2/c13-9-6-8-4-5-10(7-2-1-3-7)14-11(8)15(17)12(9)16/h4-5,7,9,17H,1-3,6,13H2/t9-/m0/s1. The fourth-order valence-corrected chi connectivity index (χ4v) is 2.35. The molecule has 1 amide bonds. The summed E-state index contributed by atoms with van der Waals surface area (Å²) in [6.45, 7) is 0. The lowest BCUT2D eigenvalue weighted by Crippen LogP contribution is -2.47. The van der Waals surface area contributed by atoms with E-state index in [4.69, 9.17) is 5.73 Å². The topological polar surface area (TPSA) is 79.4 Å². The molecule has 17 heavy (non-hydrogen) atoms. The summed E-state index contributed by atoms with van der Waals surface area (Å²) in [5.41, 5.74) is 7.45. The molecule has 3 rings (SSSR count). The third-order valence-corrected chi connectivity index (χ3v) is 3.67. The molecular formula is C12H15N3O2. The predicted octanol–water partition coefficient (Wildman–Crippen LogP) is 0.955. The van der Waals surface area contributed by atoms with E-state index in [0.717, 1.165) is 24.1 Å². The molecule has 0 spiro atoms. The molecule has 0 radical (unpaired) electrons. The second-order valence-corrected chi connectivity index (χ2v) is 4.81. The summed E-state index contributed by atoms with van der Waals surface area (Å²) in [5, 5.41) is 10.3. The highest BCUT2D eigenvalue weighted by atomic mass is 16.5. The van der Waals surface area contributed by atoms with Gasteiger partial charge in [-0.25, -0.2) is 4.98 Å². The van der Waals surface area contributed by atoms with Gasteiger partial charge in [-0.2, -0.15) is 5.06 Å². The van der Waals surface area contributed by atoms with Crippen molar-refractivity contribution in [2.45, 2.75) is 37.6 Å². The quantitative estimate of drug-likeness (QED) is 0.708. The molecule has 1 aliphatic carbocycles. The molecule has 1 aliphatic heterocycles. The molecule has 1 atom stereocenters. The molecule has 0 saturated heterocycles. The van der Waals surface area contributed by atoms with E-state index in [1.165, 1.54) is 6.42 Å². The number of carbonyl (C=O) groups excluding carboxylic acids is 1. The lowest BCUT2D eigenvalue weighted by atomic mass is 9.82. The number of fused-ring (bicyclic) bond motifs is 1. The monoisotopic (exact) mass is 233 g/mol. The third kappa shape index (κ3) is 1.62. The lowest BCUT2D eigenvalue weighted by Gasteiger charge is -2.29. The molecule has 90 valence electrons. The van der Waals surface area contributed by atoms with Crippen LogP contribution in [0.15, 0.2) is 12.1 Å². The van der Waals surface area contributed by atoms with Crippen LogP contribution in [0.2, 0.25) is 0 Å². The maximum absolute atomic E-state index is 11.6. The van der Waals surface area contributed by atoms with E-state index < -0.39 is 11.9 Å². The number of anilines is 1. The minimum atomic E-state index is -0.663. The molecule has 2 aliphatic rings. The number of aromatic nitrogens is 1. The van der Waals surface area contributed by atoms with Crippen molar-refractivity contribution in [3.05, 3.63) is 23.4 Å². The van der Waals surface area contributed by atoms with Gasteiger partial charge in [-0.3, -0.25) is 10.0 Å². The van der Waals surface area contributed by atoms with Crippen LogP contribution in [0.1, 0.15) is 36.4 Å². The Hall–Kier alpha value is -1.46. The van der Waals surface area contributed by atoms with Gasteiger partial charge in [-0.15, -0.1) is 0 Å². The Bertz CT molecular complexity index is 471. The van der Waals surface area contributed by atoms with Gasteiger partial charge in [0.15, 0.2) is 5.82 Å². The van der Waals surface area contributed by atoms with Crippen LogP contribution in [-0.4, -0.2) is 22.1 Å². The Kier molecular flexibility index (Phi) is 2.38. The number of nitrogens with two attached hydrogens (primary N) is 1. The fraction of sp³-hybridized carbons (Fsp3) is 0.500. The molecular weight excluding hydrogens is 218 g/mol. The highest BCUT2D eigenvalue weighted by Crippen LogP contribution is 2.37. The second-order valence-electron chi connectivity index (χ2n) is 4.81. The summed E-state index contributed by atoms with van der Waals surface area (Å²) in [6.07, 6.45) is 3.97. The van der Waals surface area contributed by atoms with Gasteiger partial charge in [0.1, 0.15) is 0 Å². The molecule has 1 aromatic rings. The normalized spacial score (nSPS) is 24.5. The van der Waals surface area contributed by atoms with Gasteiger partial charge in [0.2, 0.25) is 0 Å². The van der Waals surface area contributed by atoms with Crippen LogP contribution in [-0.2, 0) is 11.2 Å². The van der Waals surface area contributed by atoms with Crippen LogP contribution in [0.25, 0.3) is 0 Å². The maximum atomic E-state index is 11.6. The third-order valence-electron chi connectivity index (χ3n) is 3.67. The van der Waals surface area contributed by atoms with Crippen LogP contribution < -0.4 is 10.8 Å². The van der Waals surface area contributed by atoms with Crippen molar-refractivity contribution in [1.29, 1.82) is 0 Å². The average Bonchev–Trinajstić information content (AvgIpc) is 2.25. The zero-order valence-corrected chi connectivity index (χ0v) is 9.47. The molecule has 0 bridgehead atoms. The Morgan fingerprint density at radius 1 is 1.41 bits per heavy atom. The summed E-state index contributed by atoms with van der Waals surface area (Å²) in [5.74, 6) is 0.372. The fourth-order valence-electron chi connectivity index (χ4n) is 2.35. The number of amides is 1. The number of hydroxylamine groups is 1. The van der Waals surface area contributed by atoms with Crippen molar-refractivity contribution in [2.75, 3.05) is 5.06 Å². The van der Waals surface area contributed by atoms with Crippen LogP contribution in [0.3, 0.4) is 0 Å². The molecule has 2 heterocycles. The Morgan fingerprint density at radius 3 is 2.82 bits per heavy atom. The van der Waals surface area contributed by atoms with Gasteiger partial charge in [0, 0.05) is 18.0 Å². The molecule has 1 aromatic heterocycles. The van der Waals surface area contributed by atoms with E-state index in [9.17, 15) is 10.0 Å². The Balaban J connectivity index is 1.99. The summed E-state index contributed by atoms with van der Waals surface area (Å²) in [7, 11) is 0. The highest BCUT2D eigenvalue weighted by molar-refractivity contribution is 5.97. The van der Waals surface area contributed by atoms with Gasteiger partial charge in [0.05, 0.1) is 6.04 Å². The number of hydrogen-bond donors (Lipinski definition) is 2. The van der Waals surface area contributed by atoms with Crippen molar-refractivity contribution >= 4 is 11.7 Å². The van der Waals surface area contributed by atoms with Crippen molar-refractivity contribution in [2.24, 2.45) is 5.73 Å². The second kappa shape index (κ2) is 3.78. The van der Waals surface area contributed by atoms with Gasteiger partial charge in [0.25, 0.3) is 5.91 Å². The molecule has 5 heteroatoms. The molecule has 0 aromatic carbocycles. The largest absolute Gasteiger partial charge is 0.320 e. The van der Waals surface area contributed by atoms with E-state index >= 15 is 0 Å². The van der Waals surface area contributed by atoms with Crippen LogP contribution >= 0.6 is 0 Å². The summed E-state index contributed by atoms with van der Waals surface area (Å²) < 4.78 is 0. The van der Waals surface area contributed by atoms with Crippen LogP contribution in [0.5, 0.6) is 0 Å². The predicted molar refractivity (Wildman–Crippen MR) is 61.8 cm³/mol. The minimum Gasteiger partial charge on any atom is -0.320 e. The molecule has 5 nitrogen and oxygen atoms in total. The Morgan fingerprint density at radius 2 is 2.18 bits per heavy atom. The number of rotatable bonds is 1. The number of hydrogen-bond acceptors (Lipinski definition) is 4. The molecule has 3 N–H and O–H groups in total. The smallest absolute Gasteiger partial charge is 0.269 e. The first-order chi connectivity index (χ1) is 8.16. The highest BCUT2D eigenvalue weighted by Gasteiger charge is 2.32. The first-order valence-corrected chi connectivity index (χ1v) is 5.95. The van der Waals surface area contributed by atoms with Gasteiger partial charge < -0.3 is 5.73 Å². The van der Waals surface area contributed by atoms with Gasteiger partial charge >= 0.3 is 0 Å². The number of pyridine rings is 1. The SMILES string of the molecule is N[C@H]1Cc2ccc(C3CCC3)nc2N(O)C1=O. The van der Waals surface area contributed by atoms with Crippen LogP contribution in [0, 0.1) is 0 Å². The van der Waals surface area contributed by atoms with Crippen molar-refractivity contribution < 1.29 is 10.0 Å². The zero-order chi connectivity index (χ0) is 12.0. The average molecular weight is 233 g/mol. The van der Waals surface area contributed by atoms with E-state index in [0.29, 0.717) is 23.2 Å². The molecule has 0 unspecified atom stereocenters. The van der Waals surface area contributed by atoms with Crippen molar-refractivity contribution in [3.8, 4) is 0 Å². The molecule has 1 fully saturated rings. The number of nitrogens with zero attached hydrogens (tertiary/aromatic N) is 2. The molecule has 1 saturated carbocycles. The minimum absolute atomic E-state index is 0.362. The lowest BCUT2D eigenvalue weighted by molar-refractivity contribution is -0.125. The van der Waals surface area contributed by atoms with E-state index in [1.807, 2.05) is 12.1 Å². The first-order valence-electron chi connectivity index (χ1n) is 5.95. The number of carbonyl (C=O) groups is 1. The van der Waals surface area contributed by atoms with Crippen molar-refractivity contribution in [1.82, 2.24) is 4.98 Å².